The van der Waals surface area contributed by atoms with Crippen LogP contribution in [0.15, 0.2) is 83.5 Å². The molecule has 1 aromatic heterocycles. The number of rotatable bonds is 16. The molecule has 3 unspecified atom stereocenters. The van der Waals surface area contributed by atoms with Crippen LogP contribution in [0.4, 0.5) is 9.59 Å². The van der Waals surface area contributed by atoms with Crippen molar-refractivity contribution in [3.05, 3.63) is 99.5 Å². The Morgan fingerprint density at radius 1 is 0.935 bits per heavy atom. The molecule has 3 atom stereocenters. The van der Waals surface area contributed by atoms with Crippen LogP contribution in [0.5, 0.6) is 0 Å². The number of nitrogens with zero attached hydrogens (tertiary/aromatic N) is 2. The predicted molar refractivity (Wildman–Crippen MR) is 184 cm³/mol. The first kappa shape index (κ1) is 34.8. The van der Waals surface area contributed by atoms with Gasteiger partial charge in [-0.2, -0.15) is 0 Å². The quantitative estimate of drug-likeness (QED) is 0.164. The van der Waals surface area contributed by atoms with Gasteiger partial charge < -0.3 is 30.9 Å². The zero-order chi connectivity index (χ0) is 32.7. The van der Waals surface area contributed by atoms with Crippen molar-refractivity contribution in [3.63, 3.8) is 0 Å². The molecule has 0 spiro atoms. The van der Waals surface area contributed by atoms with Crippen molar-refractivity contribution < 1.29 is 19.1 Å². The molecule has 0 saturated carbocycles. The fourth-order valence-corrected chi connectivity index (χ4v) is 6.41. The highest BCUT2D eigenvalue weighted by Crippen LogP contribution is 2.19. The van der Waals surface area contributed by atoms with E-state index in [9.17, 15) is 14.4 Å². The number of thioether (sulfide) groups is 1. The Hall–Kier alpha value is -4.03. The highest BCUT2D eigenvalue weighted by atomic mass is 32.2. The fraction of sp³-hybridized carbons (Fsp3) is 0.412. The molecule has 0 radical (unpaired) electrons. The molecule has 4 rings (SSSR count). The predicted octanol–water partition coefficient (Wildman–Crippen LogP) is 5.29. The van der Waals surface area contributed by atoms with E-state index in [1.54, 1.807) is 35.4 Å². The lowest BCUT2D eigenvalue weighted by atomic mass is 9.95. The summed E-state index contributed by atoms with van der Waals surface area (Å²) in [4.78, 5) is 47.2. The van der Waals surface area contributed by atoms with E-state index in [-0.39, 0.29) is 36.5 Å². The average molecular weight is 665 g/mol. The van der Waals surface area contributed by atoms with Crippen LogP contribution in [-0.4, -0.2) is 65.6 Å². The van der Waals surface area contributed by atoms with Crippen molar-refractivity contribution >= 4 is 41.1 Å². The van der Waals surface area contributed by atoms with Crippen LogP contribution in [0.3, 0.4) is 0 Å². The molecule has 0 fully saturated rings. The van der Waals surface area contributed by atoms with Crippen LogP contribution < -0.4 is 21.3 Å². The molecular formula is C34H44N6O4S2. The van der Waals surface area contributed by atoms with Crippen LogP contribution in [0.25, 0.3) is 0 Å². The Bertz CT molecular complexity index is 1410. The molecule has 4 N–H and O–H groups in total. The van der Waals surface area contributed by atoms with E-state index in [4.69, 9.17) is 4.74 Å². The number of urea groups is 1. The molecule has 2 aromatic carbocycles. The molecule has 0 aliphatic carbocycles. The Morgan fingerprint density at radius 2 is 1.57 bits per heavy atom. The minimum atomic E-state index is -0.722. The number of aromatic nitrogens is 1. The zero-order valence-electron chi connectivity index (χ0n) is 26.6. The van der Waals surface area contributed by atoms with Crippen molar-refractivity contribution in [2.75, 3.05) is 19.5 Å². The summed E-state index contributed by atoms with van der Waals surface area (Å²) in [5, 5.41) is 12.3. The highest BCUT2D eigenvalue weighted by molar-refractivity contribution is 8.03. The minimum Gasteiger partial charge on any atom is -0.444 e. The van der Waals surface area contributed by atoms with Gasteiger partial charge in [0.25, 0.3) is 0 Å². The largest absolute Gasteiger partial charge is 0.444 e. The monoisotopic (exact) mass is 664 g/mol. The molecule has 10 nitrogen and oxygen atoms in total. The van der Waals surface area contributed by atoms with Crippen LogP contribution in [0, 0.1) is 5.92 Å². The molecule has 1 aliphatic rings. The van der Waals surface area contributed by atoms with Gasteiger partial charge in [-0.1, -0.05) is 74.5 Å². The highest BCUT2D eigenvalue weighted by Gasteiger charge is 2.28. The van der Waals surface area contributed by atoms with Crippen molar-refractivity contribution in [2.24, 2.45) is 5.92 Å². The van der Waals surface area contributed by atoms with E-state index in [0.29, 0.717) is 32.2 Å². The maximum atomic E-state index is 13.7. The second kappa shape index (κ2) is 18.2. The Balaban J connectivity index is 1.42. The minimum absolute atomic E-state index is 0.135. The average Bonchev–Trinajstić information content (AvgIpc) is 3.77. The van der Waals surface area contributed by atoms with E-state index >= 15 is 0 Å². The number of amides is 4. The summed E-state index contributed by atoms with van der Waals surface area (Å²) < 4.78 is 5.51. The van der Waals surface area contributed by atoms with Gasteiger partial charge in [-0.25, -0.2) is 9.59 Å². The molecule has 0 saturated heterocycles. The zero-order valence-corrected chi connectivity index (χ0v) is 28.2. The van der Waals surface area contributed by atoms with Gasteiger partial charge in [0.2, 0.25) is 5.91 Å². The third kappa shape index (κ3) is 11.7. The second-order valence-corrected chi connectivity index (χ2v) is 13.8. The summed E-state index contributed by atoms with van der Waals surface area (Å²) >= 11 is 3.09. The van der Waals surface area contributed by atoms with Gasteiger partial charge in [0.1, 0.15) is 12.6 Å². The molecular weight excluding hydrogens is 621 g/mol. The van der Waals surface area contributed by atoms with E-state index in [2.05, 4.69) is 26.3 Å². The number of thiazole rings is 1. The molecule has 246 valence electrons. The lowest BCUT2D eigenvalue weighted by Gasteiger charge is -2.28. The third-order valence-corrected chi connectivity index (χ3v) is 9.26. The number of benzene rings is 2. The van der Waals surface area contributed by atoms with Crippen LogP contribution in [0.2, 0.25) is 0 Å². The molecule has 1 aliphatic heterocycles. The van der Waals surface area contributed by atoms with Gasteiger partial charge >= 0.3 is 12.1 Å². The topological polar surface area (TPSA) is 125 Å². The molecule has 4 amide bonds. The number of carbonyl (C=O) groups excluding carboxylic acids is 3. The number of carbonyl (C=O) groups is 3. The van der Waals surface area contributed by atoms with Crippen LogP contribution in [0.1, 0.15) is 42.7 Å². The summed E-state index contributed by atoms with van der Waals surface area (Å²) in [5.74, 6) is 0.401. The van der Waals surface area contributed by atoms with E-state index in [0.717, 1.165) is 26.8 Å². The number of ether oxygens (including phenoxy) is 1. The number of hydrogen-bond donors (Lipinski definition) is 4. The van der Waals surface area contributed by atoms with E-state index in [1.807, 2.05) is 80.7 Å². The van der Waals surface area contributed by atoms with Crippen LogP contribution in [-0.2, 0) is 28.9 Å². The van der Waals surface area contributed by atoms with Gasteiger partial charge in [-0.15, -0.1) is 23.1 Å². The van der Waals surface area contributed by atoms with Crippen molar-refractivity contribution in [2.45, 2.75) is 64.2 Å². The summed E-state index contributed by atoms with van der Waals surface area (Å²) in [6, 6.07) is 18.5. The van der Waals surface area contributed by atoms with Crippen molar-refractivity contribution in [1.29, 1.82) is 0 Å². The first-order chi connectivity index (χ1) is 22.3. The maximum absolute atomic E-state index is 13.7. The molecule has 2 heterocycles. The van der Waals surface area contributed by atoms with Gasteiger partial charge in [0.15, 0.2) is 0 Å². The normalized spacial score (nSPS) is 14.4. The lowest BCUT2D eigenvalue weighted by Crippen LogP contribution is -2.54. The third-order valence-electron chi connectivity index (χ3n) is 7.58. The standard InChI is InChI=1S/C34H44N6O4S2/c1-24(2)31(39-33(42)40(3)20-29-18-35-22-45-29)32(41)37-27(16-25-10-6-4-7-11-25)14-15-28(17-26-12-8-5-9-13-26)38-34(43)44-21-30-19-36-23-46-30/h4-13,18-19,22,24,27-28,31,36H,14-17,20-21,23H2,1-3H3,(H,37,41)(H,38,43)(H,39,42). The molecule has 0 bridgehead atoms. The van der Waals surface area contributed by atoms with Crippen molar-refractivity contribution in [3.8, 4) is 0 Å². The van der Waals surface area contributed by atoms with Gasteiger partial charge in [0, 0.05) is 41.3 Å². The number of alkyl carbamates (subject to hydrolysis) is 1. The number of nitrogens with one attached hydrogen (secondary N) is 4. The Labute approximate surface area is 279 Å². The fourth-order valence-electron chi connectivity index (χ4n) is 5.10. The number of hydrogen-bond acceptors (Lipinski definition) is 8. The first-order valence-electron chi connectivity index (χ1n) is 15.5. The molecule has 46 heavy (non-hydrogen) atoms. The lowest BCUT2D eigenvalue weighted by molar-refractivity contribution is -0.124. The van der Waals surface area contributed by atoms with Gasteiger partial charge in [-0.05, 0) is 42.7 Å². The van der Waals surface area contributed by atoms with Gasteiger partial charge in [0.05, 0.1) is 17.9 Å². The summed E-state index contributed by atoms with van der Waals surface area (Å²) in [5.41, 5.74) is 3.91. The second-order valence-electron chi connectivity index (χ2n) is 11.7. The van der Waals surface area contributed by atoms with Crippen molar-refractivity contribution in [1.82, 2.24) is 31.2 Å². The summed E-state index contributed by atoms with van der Waals surface area (Å²) in [7, 11) is 1.70. The molecule has 3 aromatic rings. The summed E-state index contributed by atoms with van der Waals surface area (Å²) in [6.07, 6.45) is 5.57. The SMILES string of the molecule is CC(C)C(NC(=O)N(C)Cc1cncs1)C(=O)NC(CCC(Cc1ccccc1)NC(=O)OCC1=CNCS1)Cc1ccccc1. The van der Waals surface area contributed by atoms with E-state index in [1.165, 1.54) is 11.3 Å². The first-order valence-corrected chi connectivity index (χ1v) is 17.4. The molecule has 12 heteroatoms. The van der Waals surface area contributed by atoms with Gasteiger partial charge in [-0.3, -0.25) is 9.78 Å². The maximum Gasteiger partial charge on any atom is 0.407 e. The summed E-state index contributed by atoms with van der Waals surface area (Å²) in [6.45, 7) is 4.46. The Morgan fingerprint density at radius 3 is 2.11 bits per heavy atom. The Kier molecular flexibility index (Phi) is 13.8. The van der Waals surface area contributed by atoms with E-state index < -0.39 is 12.1 Å². The van der Waals surface area contributed by atoms with Crippen LogP contribution >= 0.6 is 23.1 Å². The smallest absolute Gasteiger partial charge is 0.407 e.